The van der Waals surface area contributed by atoms with Gasteiger partial charge >= 0.3 is 0 Å². The smallest absolute Gasteiger partial charge is 0.171 e. The molecule has 2 aliphatic heterocycles. The van der Waals surface area contributed by atoms with Crippen LogP contribution < -0.4 is 10.6 Å². The molecule has 0 saturated carbocycles. The normalized spacial score (nSPS) is 21.2. The van der Waals surface area contributed by atoms with Gasteiger partial charge in [-0.25, -0.2) is 4.98 Å². The molecule has 2 fully saturated rings. The molecule has 110 valence electrons. The second-order valence-corrected chi connectivity index (χ2v) is 5.72. The van der Waals surface area contributed by atoms with Crippen molar-refractivity contribution in [2.24, 2.45) is 0 Å². The van der Waals surface area contributed by atoms with Crippen LogP contribution in [0.1, 0.15) is 12.8 Å². The highest BCUT2D eigenvalue weighted by molar-refractivity contribution is 5.83. The van der Waals surface area contributed by atoms with Crippen molar-refractivity contribution in [3.8, 4) is 0 Å². The Morgan fingerprint density at radius 1 is 1.05 bits per heavy atom. The third-order valence-electron chi connectivity index (χ3n) is 4.36. The summed E-state index contributed by atoms with van der Waals surface area (Å²) >= 11 is 0. The number of ether oxygens (including phenoxy) is 2. The zero-order valence-electron chi connectivity index (χ0n) is 11.9. The van der Waals surface area contributed by atoms with E-state index in [-0.39, 0.29) is 5.79 Å². The maximum Gasteiger partial charge on any atom is 0.171 e. The molecular weight excluding hydrogens is 266 g/mol. The van der Waals surface area contributed by atoms with Gasteiger partial charge in [-0.3, -0.25) is 0 Å². The molecule has 1 aromatic carbocycles. The Labute approximate surface area is 123 Å². The molecule has 1 aromatic heterocycles. The van der Waals surface area contributed by atoms with E-state index in [1.54, 1.807) is 0 Å². The fourth-order valence-corrected chi connectivity index (χ4v) is 3.17. The second kappa shape index (κ2) is 4.86. The second-order valence-electron chi connectivity index (χ2n) is 5.72. The molecular formula is C16H19N3O2. The summed E-state index contributed by atoms with van der Waals surface area (Å²) in [6.07, 6.45) is 1.79. The molecule has 5 nitrogen and oxygen atoms in total. The number of rotatable bonds is 1. The number of hydrogen-bond acceptors (Lipinski definition) is 5. The van der Waals surface area contributed by atoms with Gasteiger partial charge in [0.1, 0.15) is 5.82 Å². The summed E-state index contributed by atoms with van der Waals surface area (Å²) in [5.41, 5.74) is 7.56. The number of piperidine rings is 1. The molecule has 21 heavy (non-hydrogen) atoms. The predicted molar refractivity (Wildman–Crippen MR) is 82.2 cm³/mol. The monoisotopic (exact) mass is 285 g/mol. The molecule has 0 aliphatic carbocycles. The molecule has 2 N–H and O–H groups in total. The fourth-order valence-electron chi connectivity index (χ4n) is 3.17. The molecule has 0 unspecified atom stereocenters. The number of nitrogen functional groups attached to an aromatic ring is 1. The molecule has 0 amide bonds. The van der Waals surface area contributed by atoms with Crippen molar-refractivity contribution in [1.29, 1.82) is 0 Å². The Morgan fingerprint density at radius 3 is 2.57 bits per heavy atom. The zero-order chi connectivity index (χ0) is 14.3. The van der Waals surface area contributed by atoms with E-state index < -0.39 is 0 Å². The Balaban J connectivity index is 1.55. The molecule has 4 rings (SSSR count). The van der Waals surface area contributed by atoms with Crippen LogP contribution in [-0.4, -0.2) is 37.1 Å². The van der Waals surface area contributed by atoms with E-state index >= 15 is 0 Å². The minimum atomic E-state index is -0.332. The van der Waals surface area contributed by atoms with Gasteiger partial charge in [-0.1, -0.05) is 0 Å². The SMILES string of the molecule is Nc1ccc2nc(N3CCC4(CC3)OCCO4)ccc2c1. The van der Waals surface area contributed by atoms with Crippen LogP contribution in [0.5, 0.6) is 0 Å². The van der Waals surface area contributed by atoms with Crippen LogP contribution in [0.2, 0.25) is 0 Å². The number of aromatic nitrogens is 1. The predicted octanol–water partition coefficient (Wildman–Crippen LogP) is 2.16. The molecule has 3 heterocycles. The maximum absolute atomic E-state index is 5.81. The van der Waals surface area contributed by atoms with Crippen LogP contribution >= 0.6 is 0 Å². The van der Waals surface area contributed by atoms with Crippen LogP contribution in [0.25, 0.3) is 10.9 Å². The number of anilines is 2. The third-order valence-corrected chi connectivity index (χ3v) is 4.36. The van der Waals surface area contributed by atoms with Gasteiger partial charge in [0.2, 0.25) is 0 Å². The number of nitrogens with zero attached hydrogens (tertiary/aromatic N) is 2. The lowest BCUT2D eigenvalue weighted by Crippen LogP contribution is -2.45. The summed E-state index contributed by atoms with van der Waals surface area (Å²) in [6, 6.07) is 9.97. The Hall–Kier alpha value is -1.85. The zero-order valence-corrected chi connectivity index (χ0v) is 11.9. The minimum Gasteiger partial charge on any atom is -0.399 e. The largest absolute Gasteiger partial charge is 0.399 e. The Kier molecular flexibility index (Phi) is 2.97. The standard InChI is InChI=1S/C16H19N3O2/c17-13-2-3-14-12(11-13)1-4-15(18-14)19-7-5-16(6-8-19)20-9-10-21-16/h1-4,11H,5-10,17H2. The van der Waals surface area contributed by atoms with Crippen LogP contribution in [0.4, 0.5) is 11.5 Å². The van der Waals surface area contributed by atoms with E-state index in [1.807, 2.05) is 18.2 Å². The van der Waals surface area contributed by atoms with E-state index in [0.717, 1.165) is 61.6 Å². The summed E-state index contributed by atoms with van der Waals surface area (Å²) in [5, 5.41) is 1.08. The number of fused-ring (bicyclic) bond motifs is 1. The average Bonchev–Trinajstić information content (AvgIpc) is 2.96. The highest BCUT2D eigenvalue weighted by Crippen LogP contribution is 2.33. The lowest BCUT2D eigenvalue weighted by Gasteiger charge is -2.38. The van der Waals surface area contributed by atoms with Crippen molar-refractivity contribution >= 4 is 22.4 Å². The molecule has 5 heteroatoms. The summed E-state index contributed by atoms with van der Waals surface area (Å²) in [7, 11) is 0. The lowest BCUT2D eigenvalue weighted by molar-refractivity contribution is -0.169. The Morgan fingerprint density at radius 2 is 1.81 bits per heavy atom. The molecule has 0 bridgehead atoms. The number of hydrogen-bond donors (Lipinski definition) is 1. The average molecular weight is 285 g/mol. The van der Waals surface area contributed by atoms with Gasteiger partial charge in [0.15, 0.2) is 5.79 Å². The summed E-state index contributed by atoms with van der Waals surface area (Å²) < 4.78 is 11.5. The van der Waals surface area contributed by atoms with Gasteiger partial charge in [-0.05, 0) is 30.3 Å². The quantitative estimate of drug-likeness (QED) is 0.814. The van der Waals surface area contributed by atoms with Crippen molar-refractivity contribution in [2.75, 3.05) is 36.9 Å². The first-order valence-electron chi connectivity index (χ1n) is 7.43. The molecule has 2 aromatic rings. The van der Waals surface area contributed by atoms with E-state index in [4.69, 9.17) is 20.2 Å². The van der Waals surface area contributed by atoms with Gasteiger partial charge in [-0.2, -0.15) is 0 Å². The van der Waals surface area contributed by atoms with Crippen LogP contribution in [0.15, 0.2) is 30.3 Å². The van der Waals surface area contributed by atoms with Crippen molar-refractivity contribution in [2.45, 2.75) is 18.6 Å². The third kappa shape index (κ3) is 2.32. The van der Waals surface area contributed by atoms with Crippen molar-refractivity contribution in [1.82, 2.24) is 4.98 Å². The summed E-state index contributed by atoms with van der Waals surface area (Å²) in [5.74, 6) is 0.682. The molecule has 2 aliphatic rings. The van der Waals surface area contributed by atoms with Crippen LogP contribution in [-0.2, 0) is 9.47 Å². The van der Waals surface area contributed by atoms with Gasteiger partial charge in [0.25, 0.3) is 0 Å². The molecule has 0 radical (unpaired) electrons. The van der Waals surface area contributed by atoms with E-state index in [2.05, 4.69) is 17.0 Å². The van der Waals surface area contributed by atoms with Crippen molar-refractivity contribution in [3.05, 3.63) is 30.3 Å². The van der Waals surface area contributed by atoms with Crippen molar-refractivity contribution < 1.29 is 9.47 Å². The highest BCUT2D eigenvalue weighted by atomic mass is 16.7. The van der Waals surface area contributed by atoms with Gasteiger partial charge in [0.05, 0.1) is 18.7 Å². The fraction of sp³-hybridized carbons (Fsp3) is 0.438. The summed E-state index contributed by atoms with van der Waals surface area (Å²) in [6.45, 7) is 3.26. The number of benzene rings is 1. The minimum absolute atomic E-state index is 0.332. The van der Waals surface area contributed by atoms with E-state index in [9.17, 15) is 0 Å². The van der Waals surface area contributed by atoms with Gasteiger partial charge in [-0.15, -0.1) is 0 Å². The van der Waals surface area contributed by atoms with Crippen LogP contribution in [0, 0.1) is 0 Å². The van der Waals surface area contributed by atoms with Crippen LogP contribution in [0.3, 0.4) is 0 Å². The first kappa shape index (κ1) is 12.9. The molecule has 2 saturated heterocycles. The highest BCUT2D eigenvalue weighted by Gasteiger charge is 2.39. The first-order chi connectivity index (χ1) is 10.2. The van der Waals surface area contributed by atoms with E-state index in [0.29, 0.717) is 0 Å². The number of nitrogens with two attached hydrogens (primary N) is 1. The van der Waals surface area contributed by atoms with E-state index in [1.165, 1.54) is 0 Å². The maximum atomic E-state index is 5.81. The first-order valence-corrected chi connectivity index (χ1v) is 7.43. The molecule has 0 atom stereocenters. The topological polar surface area (TPSA) is 60.6 Å². The van der Waals surface area contributed by atoms with Gasteiger partial charge in [0, 0.05) is 37.0 Å². The lowest BCUT2D eigenvalue weighted by atomic mass is 10.0. The van der Waals surface area contributed by atoms with Crippen molar-refractivity contribution in [3.63, 3.8) is 0 Å². The number of pyridine rings is 1. The summed E-state index contributed by atoms with van der Waals surface area (Å²) in [4.78, 5) is 7.04. The Bertz CT molecular complexity index is 658. The van der Waals surface area contributed by atoms with Gasteiger partial charge < -0.3 is 20.1 Å². The molecule has 1 spiro atoms.